The Morgan fingerprint density at radius 1 is 1.11 bits per heavy atom. The molecule has 0 fully saturated rings. The minimum Gasteiger partial charge on any atom is -0.377 e. The van der Waals surface area contributed by atoms with E-state index in [2.05, 4.69) is 5.32 Å². The highest BCUT2D eigenvalue weighted by molar-refractivity contribution is 7.11. The fraction of sp³-hybridized carbons (Fsp3) is 0.400. The summed E-state index contributed by atoms with van der Waals surface area (Å²) in [4.78, 5) is 13.5. The second kappa shape index (κ2) is 5.61. The zero-order valence-corrected chi connectivity index (χ0v) is 12.6. The Bertz CT molecular complexity index is 596. The van der Waals surface area contributed by atoms with E-state index in [0.29, 0.717) is 0 Å². The molecule has 3 nitrogen and oxygen atoms in total. The molecule has 4 heteroatoms. The molecule has 2 aromatic rings. The van der Waals surface area contributed by atoms with E-state index in [9.17, 15) is 4.79 Å². The second-order valence-electron chi connectivity index (χ2n) is 5.19. The molecule has 0 spiro atoms. The Labute approximate surface area is 118 Å². The smallest absolute Gasteiger partial charge is 0.284 e. The van der Waals surface area contributed by atoms with Crippen LogP contribution in [0.15, 0.2) is 35.1 Å². The average molecular weight is 276 g/mol. The summed E-state index contributed by atoms with van der Waals surface area (Å²) in [5, 5.41) is 3.29. The van der Waals surface area contributed by atoms with Gasteiger partial charge in [0.1, 0.15) is 5.69 Å². The number of nitrogens with zero attached hydrogens (tertiary/aromatic N) is 1. The first-order valence-corrected chi connectivity index (χ1v) is 7.35. The maximum Gasteiger partial charge on any atom is 0.284 e. The molecular formula is C15H20N2OS. The number of hydrogen-bond donors (Lipinski definition) is 1. The van der Waals surface area contributed by atoms with Crippen molar-refractivity contribution >= 4 is 17.2 Å². The van der Waals surface area contributed by atoms with Crippen LogP contribution in [-0.4, -0.2) is 10.00 Å². The largest absolute Gasteiger partial charge is 0.377 e. The molecule has 1 aromatic heterocycles. The molecule has 0 unspecified atom stereocenters. The number of nitrogens with one attached hydrogen (secondary N) is 1. The van der Waals surface area contributed by atoms with Crippen LogP contribution >= 0.6 is 11.5 Å². The van der Waals surface area contributed by atoms with E-state index >= 15 is 0 Å². The first-order valence-electron chi connectivity index (χ1n) is 6.58. The van der Waals surface area contributed by atoms with E-state index in [4.69, 9.17) is 0 Å². The first-order chi connectivity index (χ1) is 9.00. The number of anilines is 1. The van der Waals surface area contributed by atoms with Gasteiger partial charge in [-0.25, -0.2) is 0 Å². The van der Waals surface area contributed by atoms with Gasteiger partial charge in [0.25, 0.3) is 5.56 Å². The second-order valence-corrected chi connectivity index (χ2v) is 6.17. The van der Waals surface area contributed by atoms with E-state index in [1.165, 1.54) is 11.5 Å². The summed E-state index contributed by atoms with van der Waals surface area (Å²) in [5.41, 5.74) is 1.89. The van der Waals surface area contributed by atoms with E-state index in [1.54, 1.807) is 0 Å². The summed E-state index contributed by atoms with van der Waals surface area (Å²) in [7, 11) is 0. The van der Waals surface area contributed by atoms with Gasteiger partial charge in [-0.1, -0.05) is 41.9 Å². The Hall–Kier alpha value is -1.55. The molecule has 0 aliphatic rings. The zero-order valence-electron chi connectivity index (χ0n) is 11.8. The molecule has 19 heavy (non-hydrogen) atoms. The molecule has 1 aromatic carbocycles. The van der Waals surface area contributed by atoms with Crippen molar-refractivity contribution in [3.05, 3.63) is 40.7 Å². The van der Waals surface area contributed by atoms with Crippen molar-refractivity contribution in [2.45, 2.75) is 39.8 Å². The van der Waals surface area contributed by atoms with Crippen molar-refractivity contribution in [3.63, 3.8) is 0 Å². The lowest BCUT2D eigenvalue weighted by atomic mass is 10.1. The lowest BCUT2D eigenvalue weighted by Gasteiger charge is -2.08. The van der Waals surface area contributed by atoms with Crippen LogP contribution in [0.25, 0.3) is 10.4 Å². The van der Waals surface area contributed by atoms with Crippen LogP contribution in [-0.2, 0) is 0 Å². The van der Waals surface area contributed by atoms with Gasteiger partial charge in [-0.2, -0.15) is 0 Å². The maximum absolute atomic E-state index is 12.5. The van der Waals surface area contributed by atoms with Crippen LogP contribution in [0, 0.1) is 0 Å². The van der Waals surface area contributed by atoms with Gasteiger partial charge in [-0.3, -0.25) is 8.75 Å². The van der Waals surface area contributed by atoms with Crippen LogP contribution in [0.1, 0.15) is 33.7 Å². The fourth-order valence-electron chi connectivity index (χ4n) is 1.94. The maximum atomic E-state index is 12.5. The first kappa shape index (κ1) is 13.9. The molecule has 102 valence electrons. The Morgan fingerprint density at radius 2 is 1.74 bits per heavy atom. The Balaban J connectivity index is 2.59. The third kappa shape index (κ3) is 2.89. The van der Waals surface area contributed by atoms with Crippen LogP contribution in [0.5, 0.6) is 0 Å². The van der Waals surface area contributed by atoms with Crippen LogP contribution < -0.4 is 10.9 Å². The summed E-state index contributed by atoms with van der Waals surface area (Å²) in [6, 6.07) is 10.5. The van der Waals surface area contributed by atoms with Crippen molar-refractivity contribution in [2.75, 3.05) is 5.32 Å². The van der Waals surface area contributed by atoms with Gasteiger partial charge in [0.05, 0.1) is 4.88 Å². The van der Waals surface area contributed by atoms with E-state index in [1.807, 2.05) is 62.0 Å². The SMILES string of the molecule is CC(C)Nc1c(-c2ccccc2)sn(C(C)C)c1=O. The summed E-state index contributed by atoms with van der Waals surface area (Å²) in [5.74, 6) is 0. The topological polar surface area (TPSA) is 34.0 Å². The molecule has 0 aliphatic carbocycles. The van der Waals surface area contributed by atoms with Crippen LogP contribution in [0.4, 0.5) is 5.69 Å². The molecule has 1 N–H and O–H groups in total. The van der Waals surface area contributed by atoms with Crippen LogP contribution in [0.2, 0.25) is 0 Å². The van der Waals surface area contributed by atoms with E-state index < -0.39 is 0 Å². The number of benzene rings is 1. The highest BCUT2D eigenvalue weighted by Crippen LogP contribution is 2.32. The quantitative estimate of drug-likeness (QED) is 0.916. The van der Waals surface area contributed by atoms with Gasteiger partial charge in [0.15, 0.2) is 0 Å². The zero-order chi connectivity index (χ0) is 14.0. The molecule has 0 saturated carbocycles. The fourth-order valence-corrected chi connectivity index (χ4v) is 3.00. The van der Waals surface area contributed by atoms with Crippen molar-refractivity contribution < 1.29 is 0 Å². The summed E-state index contributed by atoms with van der Waals surface area (Å²) < 4.78 is 1.83. The van der Waals surface area contributed by atoms with Crippen molar-refractivity contribution in [1.29, 1.82) is 0 Å². The third-order valence-electron chi connectivity index (χ3n) is 2.77. The lowest BCUT2D eigenvalue weighted by molar-refractivity contribution is 0.633. The molecule has 2 rings (SSSR count). The van der Waals surface area contributed by atoms with Crippen molar-refractivity contribution in [3.8, 4) is 10.4 Å². The summed E-state index contributed by atoms with van der Waals surface area (Å²) >= 11 is 1.53. The predicted molar refractivity (Wildman–Crippen MR) is 83.2 cm³/mol. The monoisotopic (exact) mass is 276 g/mol. The Kier molecular flexibility index (Phi) is 4.10. The minimum atomic E-state index is 0.0764. The van der Waals surface area contributed by atoms with Gasteiger partial charge >= 0.3 is 0 Å². The number of aromatic nitrogens is 1. The number of hydrogen-bond acceptors (Lipinski definition) is 3. The minimum absolute atomic E-state index is 0.0764. The van der Waals surface area contributed by atoms with E-state index in [-0.39, 0.29) is 17.6 Å². The number of rotatable bonds is 4. The van der Waals surface area contributed by atoms with Gasteiger partial charge in [-0.05, 0) is 33.3 Å². The third-order valence-corrected chi connectivity index (χ3v) is 4.18. The van der Waals surface area contributed by atoms with Gasteiger partial charge in [0.2, 0.25) is 0 Å². The standard InChI is InChI=1S/C15H20N2OS/c1-10(2)16-13-14(12-8-6-5-7-9-12)19-17(11(3)4)15(13)18/h5-11,16H,1-4H3. The summed E-state index contributed by atoms with van der Waals surface area (Å²) in [6.45, 7) is 8.16. The summed E-state index contributed by atoms with van der Waals surface area (Å²) in [6.07, 6.45) is 0. The molecule has 0 radical (unpaired) electrons. The Morgan fingerprint density at radius 3 is 2.26 bits per heavy atom. The van der Waals surface area contributed by atoms with Crippen LogP contribution in [0.3, 0.4) is 0 Å². The van der Waals surface area contributed by atoms with Gasteiger partial charge < -0.3 is 5.32 Å². The van der Waals surface area contributed by atoms with Gasteiger partial charge in [0, 0.05) is 12.1 Å². The molecule has 0 bridgehead atoms. The molecule has 0 aliphatic heterocycles. The molecule has 0 atom stereocenters. The van der Waals surface area contributed by atoms with Crippen molar-refractivity contribution in [1.82, 2.24) is 3.96 Å². The molecule has 1 heterocycles. The lowest BCUT2D eigenvalue weighted by Crippen LogP contribution is -2.21. The van der Waals surface area contributed by atoms with E-state index in [0.717, 1.165) is 16.1 Å². The molecular weight excluding hydrogens is 256 g/mol. The average Bonchev–Trinajstić information content (AvgIpc) is 2.68. The highest BCUT2D eigenvalue weighted by Gasteiger charge is 2.18. The molecule has 0 amide bonds. The normalized spacial score (nSPS) is 11.3. The molecule has 0 saturated heterocycles. The van der Waals surface area contributed by atoms with Crippen molar-refractivity contribution in [2.24, 2.45) is 0 Å². The van der Waals surface area contributed by atoms with Gasteiger partial charge in [-0.15, -0.1) is 0 Å². The highest BCUT2D eigenvalue weighted by atomic mass is 32.1. The predicted octanol–water partition coefficient (Wildman–Crippen LogP) is 3.98.